The van der Waals surface area contributed by atoms with Gasteiger partial charge < -0.3 is 4.90 Å². The van der Waals surface area contributed by atoms with Crippen LogP contribution < -0.4 is 21.0 Å². The van der Waals surface area contributed by atoms with E-state index in [1.165, 1.54) is 6.21 Å². The minimum Gasteiger partial charge on any atom is -0.378 e. The van der Waals surface area contributed by atoms with E-state index < -0.39 is 23.9 Å². The number of imide groups is 2. The molecular weight excluding hydrogens is 274 g/mol. The summed E-state index contributed by atoms with van der Waals surface area (Å²) in [7, 11) is 3.87. The van der Waals surface area contributed by atoms with Gasteiger partial charge in [-0.1, -0.05) is 12.1 Å². The van der Waals surface area contributed by atoms with Gasteiger partial charge in [-0.05, 0) is 17.7 Å². The van der Waals surface area contributed by atoms with E-state index >= 15 is 0 Å². The molecule has 0 saturated carbocycles. The third-order valence-corrected chi connectivity index (χ3v) is 2.82. The van der Waals surface area contributed by atoms with Gasteiger partial charge in [0.05, 0.1) is 6.21 Å². The molecule has 1 saturated heterocycles. The fourth-order valence-corrected chi connectivity index (χ4v) is 1.68. The molecule has 8 heteroatoms. The molecule has 0 atom stereocenters. The van der Waals surface area contributed by atoms with E-state index in [9.17, 15) is 14.4 Å². The zero-order chi connectivity index (χ0) is 15.4. The van der Waals surface area contributed by atoms with Crippen LogP contribution in [0.1, 0.15) is 5.56 Å². The number of carbonyl (C=O) groups is 3. The van der Waals surface area contributed by atoms with Gasteiger partial charge in [-0.25, -0.2) is 4.79 Å². The summed E-state index contributed by atoms with van der Waals surface area (Å²) in [6.45, 7) is 0. The van der Waals surface area contributed by atoms with E-state index in [0.717, 1.165) is 11.3 Å². The molecule has 8 nitrogen and oxygen atoms in total. The Morgan fingerprint density at radius 1 is 1.10 bits per heavy atom. The van der Waals surface area contributed by atoms with Crippen molar-refractivity contribution in [3.05, 3.63) is 29.8 Å². The minimum atomic E-state index is -1.22. The summed E-state index contributed by atoms with van der Waals surface area (Å²) in [5.41, 5.74) is 4.26. The Morgan fingerprint density at radius 2 is 1.67 bits per heavy atom. The van der Waals surface area contributed by atoms with Crippen LogP contribution in [-0.4, -0.2) is 44.2 Å². The van der Waals surface area contributed by atoms with Crippen LogP contribution in [0.5, 0.6) is 0 Å². The maximum absolute atomic E-state index is 11.4. The van der Waals surface area contributed by atoms with Crippen molar-refractivity contribution in [1.29, 1.82) is 0 Å². The van der Waals surface area contributed by atoms with E-state index in [1.807, 2.05) is 53.9 Å². The van der Waals surface area contributed by atoms with Gasteiger partial charge in [-0.15, -0.1) is 0 Å². The predicted octanol–water partition coefficient (Wildman–Crippen LogP) is -0.589. The zero-order valence-electron chi connectivity index (χ0n) is 11.6. The smallest absolute Gasteiger partial charge is 0.328 e. The molecule has 0 bridgehead atoms. The molecule has 1 aromatic carbocycles. The number of carbonyl (C=O) groups excluding carboxylic acids is 3. The molecule has 3 N–H and O–H groups in total. The molecule has 0 spiro atoms. The monoisotopic (exact) mass is 289 g/mol. The Morgan fingerprint density at radius 3 is 2.19 bits per heavy atom. The van der Waals surface area contributed by atoms with Gasteiger partial charge >= 0.3 is 6.03 Å². The highest BCUT2D eigenvalue weighted by molar-refractivity contribution is 6.18. The number of anilines is 1. The number of hydrogen-bond donors (Lipinski definition) is 3. The lowest BCUT2D eigenvalue weighted by molar-refractivity contribution is -0.132. The Bertz CT molecular complexity index is 574. The number of amides is 4. The lowest BCUT2D eigenvalue weighted by atomic mass is 10.2. The first kappa shape index (κ1) is 14.5. The highest BCUT2D eigenvalue weighted by Crippen LogP contribution is 2.10. The highest BCUT2D eigenvalue weighted by atomic mass is 16.2. The second kappa shape index (κ2) is 6.04. The van der Waals surface area contributed by atoms with Gasteiger partial charge in [0.1, 0.15) is 0 Å². The molecule has 0 radical (unpaired) electrons. The molecule has 1 heterocycles. The maximum Gasteiger partial charge on any atom is 0.328 e. The number of rotatable bonds is 4. The van der Waals surface area contributed by atoms with Crippen molar-refractivity contribution in [3.8, 4) is 0 Å². The van der Waals surface area contributed by atoms with Crippen LogP contribution >= 0.6 is 0 Å². The molecule has 110 valence electrons. The average molecular weight is 289 g/mol. The van der Waals surface area contributed by atoms with Gasteiger partial charge in [0, 0.05) is 19.8 Å². The Balaban J connectivity index is 1.97. The van der Waals surface area contributed by atoms with Gasteiger partial charge in [-0.3, -0.25) is 25.6 Å². The van der Waals surface area contributed by atoms with E-state index in [2.05, 4.69) is 10.5 Å². The van der Waals surface area contributed by atoms with Crippen LogP contribution in [0.4, 0.5) is 10.5 Å². The standard InChI is InChI=1S/C13H15N5O3/c1-18(2)9-5-3-8(4-6-9)7-14-17-10-11(19)15-13(21)16-12(10)20/h3-7,10,17H,1-2H3,(H2,15,16,19,20,21)/b14-7+. The van der Waals surface area contributed by atoms with Gasteiger partial charge in [-0.2, -0.15) is 5.10 Å². The number of hydrazone groups is 1. The topological polar surface area (TPSA) is 103 Å². The fourth-order valence-electron chi connectivity index (χ4n) is 1.68. The minimum absolute atomic E-state index is 0.733. The Hall–Kier alpha value is -2.90. The van der Waals surface area contributed by atoms with Crippen LogP contribution in [-0.2, 0) is 9.59 Å². The molecule has 0 unspecified atom stereocenters. The third kappa shape index (κ3) is 3.56. The molecule has 4 amide bonds. The number of hydrogen-bond acceptors (Lipinski definition) is 6. The average Bonchev–Trinajstić information content (AvgIpc) is 2.42. The van der Waals surface area contributed by atoms with Crippen molar-refractivity contribution in [2.24, 2.45) is 5.10 Å². The van der Waals surface area contributed by atoms with E-state index in [4.69, 9.17) is 0 Å². The molecule has 1 fully saturated rings. The van der Waals surface area contributed by atoms with Crippen LogP contribution in [0.2, 0.25) is 0 Å². The molecule has 1 aliphatic heterocycles. The first-order valence-electron chi connectivity index (χ1n) is 6.19. The number of benzene rings is 1. The summed E-state index contributed by atoms with van der Waals surface area (Å²) in [6, 6.07) is 5.49. The number of urea groups is 1. The first-order valence-corrected chi connectivity index (χ1v) is 6.19. The summed E-state index contributed by atoms with van der Waals surface area (Å²) in [4.78, 5) is 35.7. The Kier molecular flexibility index (Phi) is 4.17. The summed E-state index contributed by atoms with van der Waals surface area (Å²) in [6.07, 6.45) is 1.48. The highest BCUT2D eigenvalue weighted by Gasteiger charge is 2.33. The fraction of sp³-hybridized carbons (Fsp3) is 0.231. The molecule has 1 aromatic rings. The quantitative estimate of drug-likeness (QED) is 0.390. The van der Waals surface area contributed by atoms with Crippen LogP contribution in [0, 0.1) is 0 Å². The van der Waals surface area contributed by atoms with E-state index in [0.29, 0.717) is 0 Å². The van der Waals surface area contributed by atoms with Crippen LogP contribution in [0.3, 0.4) is 0 Å². The van der Waals surface area contributed by atoms with Crippen molar-refractivity contribution in [1.82, 2.24) is 16.1 Å². The molecule has 1 aliphatic rings. The second-order valence-corrected chi connectivity index (χ2v) is 4.61. The normalized spacial score (nSPS) is 15.8. The first-order chi connectivity index (χ1) is 9.97. The molecule has 21 heavy (non-hydrogen) atoms. The zero-order valence-corrected chi connectivity index (χ0v) is 11.6. The van der Waals surface area contributed by atoms with Crippen molar-refractivity contribution >= 4 is 29.7 Å². The van der Waals surface area contributed by atoms with Gasteiger partial charge in [0.15, 0.2) is 0 Å². The van der Waals surface area contributed by atoms with Crippen LogP contribution in [0.15, 0.2) is 29.4 Å². The second-order valence-electron chi connectivity index (χ2n) is 4.61. The van der Waals surface area contributed by atoms with E-state index in [1.54, 1.807) is 0 Å². The maximum atomic E-state index is 11.4. The molecule has 2 rings (SSSR count). The SMILES string of the molecule is CN(C)c1ccc(/C=N/NC2C(=O)NC(=O)NC2=O)cc1. The number of barbiturate groups is 1. The number of nitrogens with zero attached hydrogens (tertiary/aromatic N) is 2. The Labute approximate surface area is 121 Å². The summed E-state index contributed by atoms with van der Waals surface area (Å²) < 4.78 is 0. The van der Waals surface area contributed by atoms with E-state index in [-0.39, 0.29) is 0 Å². The van der Waals surface area contributed by atoms with Gasteiger partial charge in [0.25, 0.3) is 11.8 Å². The lowest BCUT2D eigenvalue weighted by Crippen LogP contribution is -2.62. The third-order valence-electron chi connectivity index (χ3n) is 2.82. The van der Waals surface area contributed by atoms with Crippen LogP contribution in [0.25, 0.3) is 0 Å². The summed E-state index contributed by atoms with van der Waals surface area (Å²) in [5, 5.41) is 7.80. The lowest BCUT2D eigenvalue weighted by Gasteiger charge is -2.19. The van der Waals surface area contributed by atoms with Crippen molar-refractivity contribution in [2.45, 2.75) is 6.04 Å². The van der Waals surface area contributed by atoms with Crippen molar-refractivity contribution in [3.63, 3.8) is 0 Å². The van der Waals surface area contributed by atoms with Crippen molar-refractivity contribution < 1.29 is 14.4 Å². The van der Waals surface area contributed by atoms with Gasteiger partial charge in [0.2, 0.25) is 6.04 Å². The summed E-state index contributed by atoms with van der Waals surface area (Å²) in [5.74, 6) is -1.47. The largest absolute Gasteiger partial charge is 0.378 e. The summed E-state index contributed by atoms with van der Waals surface area (Å²) >= 11 is 0. The predicted molar refractivity (Wildman–Crippen MR) is 77.0 cm³/mol. The number of nitrogens with one attached hydrogen (secondary N) is 3. The molecule has 0 aliphatic carbocycles. The van der Waals surface area contributed by atoms with Crippen molar-refractivity contribution in [2.75, 3.05) is 19.0 Å². The molecule has 0 aromatic heterocycles. The molecular formula is C13H15N5O3.